The number of alkyl halides is 1. The van der Waals surface area contributed by atoms with Gasteiger partial charge in [-0.2, -0.15) is 0 Å². The van der Waals surface area contributed by atoms with Gasteiger partial charge < -0.3 is 0 Å². The van der Waals surface area contributed by atoms with E-state index in [0.29, 0.717) is 29.4 Å². The molecule has 0 N–H and O–H groups in total. The number of allylic oxidation sites excluding steroid dienone is 6. The Labute approximate surface area is 136 Å². The number of hydrogen-bond donors (Lipinski definition) is 0. The Morgan fingerprint density at radius 1 is 1.23 bits per heavy atom. The number of carbonyl (C=O) groups is 2. The summed E-state index contributed by atoms with van der Waals surface area (Å²) in [4.78, 5) is 24.1. The van der Waals surface area contributed by atoms with Crippen molar-refractivity contribution in [2.75, 3.05) is 5.88 Å². The number of ketones is 2. The van der Waals surface area contributed by atoms with E-state index in [2.05, 4.69) is 19.1 Å². The molecule has 4 aliphatic carbocycles. The van der Waals surface area contributed by atoms with E-state index in [1.165, 1.54) is 0 Å². The van der Waals surface area contributed by atoms with Gasteiger partial charge in [-0.15, -0.1) is 11.6 Å². The number of Topliss-reactive ketones (excluding diaryl/α,β-unsaturated/α-hetero) is 1. The first-order valence-corrected chi connectivity index (χ1v) is 8.77. The van der Waals surface area contributed by atoms with Crippen molar-refractivity contribution in [2.45, 2.75) is 32.6 Å². The van der Waals surface area contributed by atoms with E-state index in [0.717, 1.165) is 31.3 Å². The fourth-order valence-corrected chi connectivity index (χ4v) is 5.92. The Bertz CT molecular complexity index is 644. The third-order valence-electron chi connectivity index (χ3n) is 6.80. The molecule has 3 heteroatoms. The Morgan fingerprint density at radius 3 is 2.82 bits per heavy atom. The molecular formula is C19H21ClO2. The number of halogens is 1. The van der Waals surface area contributed by atoms with Crippen LogP contribution in [0.2, 0.25) is 0 Å². The highest BCUT2D eigenvalue weighted by Gasteiger charge is 2.58. The zero-order valence-electron chi connectivity index (χ0n) is 12.8. The normalized spacial score (nSPS) is 46.1. The maximum atomic E-state index is 12.4. The van der Waals surface area contributed by atoms with Gasteiger partial charge in [0.05, 0.1) is 0 Å². The van der Waals surface area contributed by atoms with Crippen molar-refractivity contribution in [3.63, 3.8) is 0 Å². The first-order valence-electron chi connectivity index (χ1n) is 8.24. The van der Waals surface area contributed by atoms with Gasteiger partial charge in [-0.1, -0.05) is 25.2 Å². The number of fused-ring (bicyclic) bond motifs is 5. The monoisotopic (exact) mass is 316 g/mol. The lowest BCUT2D eigenvalue weighted by Crippen LogP contribution is -2.49. The molecule has 5 atom stereocenters. The van der Waals surface area contributed by atoms with Gasteiger partial charge in [0, 0.05) is 23.1 Å². The first-order chi connectivity index (χ1) is 10.5. The number of carbonyl (C=O) groups excluding carboxylic acids is 2. The Balaban J connectivity index is 1.80. The molecule has 0 spiro atoms. The molecule has 22 heavy (non-hydrogen) atoms. The van der Waals surface area contributed by atoms with Crippen LogP contribution in [0.1, 0.15) is 32.6 Å². The summed E-state index contributed by atoms with van der Waals surface area (Å²) in [6.45, 7) is 2.16. The average molecular weight is 317 g/mol. The Morgan fingerprint density at radius 2 is 2.05 bits per heavy atom. The molecule has 0 aromatic rings. The zero-order valence-corrected chi connectivity index (χ0v) is 13.6. The highest BCUT2D eigenvalue weighted by Crippen LogP contribution is 2.62. The predicted octanol–water partition coefficient (Wildman–Crippen LogP) is 3.86. The highest BCUT2D eigenvalue weighted by molar-refractivity contribution is 6.19. The molecule has 2 fully saturated rings. The quantitative estimate of drug-likeness (QED) is 0.688. The van der Waals surface area contributed by atoms with E-state index in [1.807, 2.05) is 6.08 Å². The van der Waals surface area contributed by atoms with Crippen molar-refractivity contribution < 1.29 is 9.59 Å². The topological polar surface area (TPSA) is 34.1 Å². The summed E-state index contributed by atoms with van der Waals surface area (Å²) in [5.41, 5.74) is 0.695. The van der Waals surface area contributed by atoms with Gasteiger partial charge in [0.25, 0.3) is 0 Å². The van der Waals surface area contributed by atoms with Gasteiger partial charge in [0.15, 0.2) is 5.78 Å². The molecule has 0 aliphatic heterocycles. The smallest absolute Gasteiger partial charge is 0.178 e. The van der Waals surface area contributed by atoms with Crippen LogP contribution in [0.4, 0.5) is 0 Å². The lowest BCUT2D eigenvalue weighted by atomic mass is 9.50. The van der Waals surface area contributed by atoms with Crippen LogP contribution >= 0.6 is 11.6 Å². The standard InChI is InChI=1S/C19H21ClO2/c1-18-8-7-16-14(15(18)4-5-17(18)22)3-2-12-10-13(21)6-9-19(12,16)11-20/h2-3,6,9-10,14-16H,4-5,7-8,11H2,1H3/t14-,15-,16-,18-,19+/m0/s1. The molecular weight excluding hydrogens is 296 g/mol. The van der Waals surface area contributed by atoms with Crippen LogP contribution in [0, 0.1) is 28.6 Å². The van der Waals surface area contributed by atoms with Crippen LogP contribution in [0.25, 0.3) is 0 Å². The van der Waals surface area contributed by atoms with Gasteiger partial charge in [0.2, 0.25) is 0 Å². The van der Waals surface area contributed by atoms with E-state index < -0.39 is 0 Å². The minimum atomic E-state index is -0.220. The second-order valence-electron chi connectivity index (χ2n) is 7.58. The predicted molar refractivity (Wildman–Crippen MR) is 86.6 cm³/mol. The fraction of sp³-hybridized carbons (Fsp3) is 0.579. The van der Waals surface area contributed by atoms with Crippen LogP contribution in [0.5, 0.6) is 0 Å². The molecule has 0 bridgehead atoms. The van der Waals surface area contributed by atoms with Crippen molar-refractivity contribution in [3.8, 4) is 0 Å². The van der Waals surface area contributed by atoms with Crippen LogP contribution < -0.4 is 0 Å². The minimum Gasteiger partial charge on any atom is -0.299 e. The summed E-state index contributed by atoms with van der Waals surface area (Å²) in [5, 5.41) is 0. The molecule has 2 nitrogen and oxygen atoms in total. The van der Waals surface area contributed by atoms with Gasteiger partial charge in [0.1, 0.15) is 5.78 Å². The highest BCUT2D eigenvalue weighted by atomic mass is 35.5. The van der Waals surface area contributed by atoms with Crippen molar-refractivity contribution >= 4 is 23.2 Å². The van der Waals surface area contributed by atoms with Crippen molar-refractivity contribution in [1.82, 2.24) is 0 Å². The van der Waals surface area contributed by atoms with E-state index in [1.54, 1.807) is 12.2 Å². The Kier molecular flexibility index (Phi) is 3.07. The Hall–Kier alpha value is -1.15. The molecule has 0 aromatic heterocycles. The summed E-state index contributed by atoms with van der Waals surface area (Å²) in [5.74, 6) is 2.25. The maximum Gasteiger partial charge on any atom is 0.178 e. The van der Waals surface area contributed by atoms with Crippen LogP contribution in [-0.4, -0.2) is 17.4 Å². The zero-order chi connectivity index (χ0) is 15.5. The lowest BCUT2D eigenvalue weighted by molar-refractivity contribution is -0.130. The van der Waals surface area contributed by atoms with Crippen molar-refractivity contribution in [3.05, 3.63) is 36.0 Å². The molecule has 4 rings (SSSR count). The van der Waals surface area contributed by atoms with E-state index in [-0.39, 0.29) is 16.6 Å². The molecule has 116 valence electrons. The third-order valence-corrected chi connectivity index (χ3v) is 7.24. The molecule has 4 aliphatic rings. The van der Waals surface area contributed by atoms with Crippen LogP contribution in [0.3, 0.4) is 0 Å². The summed E-state index contributed by atoms with van der Waals surface area (Å²) in [6, 6.07) is 0. The van der Waals surface area contributed by atoms with Crippen molar-refractivity contribution in [1.29, 1.82) is 0 Å². The number of hydrogen-bond acceptors (Lipinski definition) is 2. The molecule has 2 saturated carbocycles. The molecule has 0 heterocycles. The first kappa shape index (κ1) is 14.4. The lowest BCUT2D eigenvalue weighted by Gasteiger charge is -2.53. The molecule has 0 radical (unpaired) electrons. The summed E-state index contributed by atoms with van der Waals surface area (Å²) >= 11 is 6.41. The maximum absolute atomic E-state index is 12.4. The molecule has 0 saturated heterocycles. The fourth-order valence-electron chi connectivity index (χ4n) is 5.48. The second kappa shape index (κ2) is 4.67. The van der Waals surface area contributed by atoms with E-state index >= 15 is 0 Å². The van der Waals surface area contributed by atoms with E-state index in [9.17, 15) is 9.59 Å². The van der Waals surface area contributed by atoms with Crippen LogP contribution in [0.15, 0.2) is 36.0 Å². The van der Waals surface area contributed by atoms with Gasteiger partial charge in [-0.05, 0) is 54.7 Å². The molecule has 0 unspecified atom stereocenters. The van der Waals surface area contributed by atoms with Gasteiger partial charge >= 0.3 is 0 Å². The third kappa shape index (κ3) is 1.68. The number of rotatable bonds is 1. The minimum absolute atomic E-state index is 0.0514. The second-order valence-corrected chi connectivity index (χ2v) is 7.84. The van der Waals surface area contributed by atoms with Crippen molar-refractivity contribution in [2.24, 2.45) is 28.6 Å². The summed E-state index contributed by atoms with van der Waals surface area (Å²) < 4.78 is 0. The summed E-state index contributed by atoms with van der Waals surface area (Å²) in [6.07, 6.45) is 13.5. The molecule has 0 amide bonds. The van der Waals surface area contributed by atoms with Crippen LogP contribution in [-0.2, 0) is 9.59 Å². The molecule has 0 aromatic carbocycles. The van der Waals surface area contributed by atoms with Gasteiger partial charge in [-0.3, -0.25) is 9.59 Å². The summed E-state index contributed by atoms with van der Waals surface area (Å²) in [7, 11) is 0. The van der Waals surface area contributed by atoms with Gasteiger partial charge in [-0.25, -0.2) is 0 Å². The van der Waals surface area contributed by atoms with E-state index in [4.69, 9.17) is 11.6 Å². The largest absolute Gasteiger partial charge is 0.299 e. The SMILES string of the molecule is C[C@]12CC[C@H]3[C@@H](C=CC4=CC(=O)C=C[C@@]43CCl)[C@@H]1CCC2=O. The average Bonchev–Trinajstić information content (AvgIpc) is 2.82.